The summed E-state index contributed by atoms with van der Waals surface area (Å²) >= 11 is 0. The van der Waals surface area contributed by atoms with E-state index in [0.717, 1.165) is 0 Å². The third-order valence-electron chi connectivity index (χ3n) is 5.22. The van der Waals surface area contributed by atoms with Crippen molar-refractivity contribution < 1.29 is 19.4 Å². The minimum Gasteiger partial charge on any atom is -0.492 e. The molecule has 4 aliphatic rings. The quantitative estimate of drug-likeness (QED) is 0.521. The maximum Gasteiger partial charge on any atom is 0.230 e. The molecule has 2 saturated heterocycles. The first-order valence-corrected chi connectivity index (χ1v) is 6.86. The Morgan fingerprint density at radius 1 is 1.38 bits per heavy atom. The van der Waals surface area contributed by atoms with E-state index in [2.05, 4.69) is 6.58 Å². The van der Waals surface area contributed by atoms with E-state index in [4.69, 9.17) is 4.74 Å². The molecule has 0 spiro atoms. The summed E-state index contributed by atoms with van der Waals surface area (Å²) in [6, 6.07) is 0.0966. The van der Waals surface area contributed by atoms with Gasteiger partial charge in [0, 0.05) is 23.7 Å². The number of likely N-dealkylation sites (N-methyl/N-ethyl adjacent to an activating group) is 1. The average Bonchev–Trinajstić information content (AvgIpc) is 2.87. The highest BCUT2D eigenvalue weighted by atomic mass is 16.5. The number of hydrogen-bond donors (Lipinski definition) is 1. The zero-order chi connectivity index (χ0) is 15.3. The molecule has 1 N–H and O–H groups in total. The molecule has 1 unspecified atom stereocenters. The van der Waals surface area contributed by atoms with Crippen LogP contribution in [-0.4, -0.2) is 65.0 Å². The Balaban J connectivity index is 1.88. The van der Waals surface area contributed by atoms with Crippen LogP contribution in [0.15, 0.2) is 34.8 Å². The second-order valence-corrected chi connectivity index (χ2v) is 6.03. The number of ketones is 2. The van der Waals surface area contributed by atoms with Gasteiger partial charge < -0.3 is 14.7 Å². The van der Waals surface area contributed by atoms with E-state index in [9.17, 15) is 14.7 Å². The largest absolute Gasteiger partial charge is 0.492 e. The summed E-state index contributed by atoms with van der Waals surface area (Å²) in [6.07, 6.45) is 0. The smallest absolute Gasteiger partial charge is 0.230 e. The van der Waals surface area contributed by atoms with Gasteiger partial charge in [-0.1, -0.05) is 6.58 Å². The van der Waals surface area contributed by atoms with Crippen molar-refractivity contribution in [2.75, 3.05) is 20.7 Å². The Bertz CT molecular complexity index is 704. The zero-order valence-electron chi connectivity index (χ0n) is 12.1. The summed E-state index contributed by atoms with van der Waals surface area (Å²) in [5.74, 6) is -0.579. The van der Waals surface area contributed by atoms with E-state index in [0.29, 0.717) is 12.1 Å². The van der Waals surface area contributed by atoms with Crippen molar-refractivity contribution in [3.63, 3.8) is 0 Å². The van der Waals surface area contributed by atoms with Gasteiger partial charge in [0.15, 0.2) is 11.5 Å². The number of Topliss-reactive ketones (excluding diaryl/α,β-unsaturated/α-hetero) is 2. The number of fused-ring (bicyclic) bond motifs is 4. The Kier molecular flexibility index (Phi) is 2.10. The van der Waals surface area contributed by atoms with Gasteiger partial charge in [0.05, 0.1) is 24.4 Å². The minimum absolute atomic E-state index is 0.0466. The van der Waals surface area contributed by atoms with E-state index >= 15 is 0 Å². The standard InChI is InChI=1S/C15H16N2O4/c1-6-11(18)10-9(12(19)13(6)21-4)7(2)15(20)14-8(16(14)3)5-17(10)15/h8,14,20H,2,5H2,1,3-4H3/t8-,14-,15+,16?/m0/s1. The number of ether oxygens (including phenoxy) is 1. The highest BCUT2D eigenvalue weighted by Gasteiger charge is 2.72. The molecule has 0 aromatic rings. The second-order valence-electron chi connectivity index (χ2n) is 6.03. The van der Waals surface area contributed by atoms with E-state index in [1.54, 1.807) is 11.8 Å². The average molecular weight is 288 g/mol. The van der Waals surface area contributed by atoms with Crippen molar-refractivity contribution in [1.29, 1.82) is 0 Å². The third-order valence-corrected chi connectivity index (χ3v) is 5.22. The summed E-state index contributed by atoms with van der Waals surface area (Å²) in [5, 5.41) is 11.1. The van der Waals surface area contributed by atoms with Gasteiger partial charge in [-0.3, -0.25) is 14.5 Å². The molecule has 0 saturated carbocycles. The molecular formula is C15H16N2O4. The SMILES string of the molecule is C=C1C2=C(C(=O)C(C)=C(OC)C2=O)N2C[C@H]3[C@H](N3C)[C@]12O. The van der Waals surface area contributed by atoms with Crippen LogP contribution >= 0.6 is 0 Å². The minimum atomic E-state index is -1.35. The number of aliphatic hydroxyl groups is 1. The lowest BCUT2D eigenvalue weighted by Crippen LogP contribution is -2.49. The topological polar surface area (TPSA) is 69.9 Å². The molecule has 0 aromatic heterocycles. The van der Waals surface area contributed by atoms with Gasteiger partial charge in [-0.15, -0.1) is 0 Å². The number of piperazine rings is 1. The molecule has 0 radical (unpaired) electrons. The van der Waals surface area contributed by atoms with Gasteiger partial charge in [0.25, 0.3) is 0 Å². The lowest BCUT2D eigenvalue weighted by molar-refractivity contribution is -0.120. The van der Waals surface area contributed by atoms with Crippen LogP contribution in [0.25, 0.3) is 0 Å². The summed E-state index contributed by atoms with van der Waals surface area (Å²) < 4.78 is 5.08. The Hall–Kier alpha value is -1.92. The van der Waals surface area contributed by atoms with Crippen molar-refractivity contribution in [3.8, 4) is 0 Å². The molecule has 6 heteroatoms. The number of carbonyl (C=O) groups is 2. The summed E-state index contributed by atoms with van der Waals surface area (Å²) in [5.41, 5.74) is -0.254. The van der Waals surface area contributed by atoms with Gasteiger partial charge in [-0.05, 0) is 14.0 Å². The van der Waals surface area contributed by atoms with Crippen LogP contribution in [0.3, 0.4) is 0 Å². The summed E-state index contributed by atoms with van der Waals surface area (Å²) in [6.45, 7) is 6.02. The van der Waals surface area contributed by atoms with Crippen LogP contribution in [0.1, 0.15) is 6.92 Å². The summed E-state index contributed by atoms with van der Waals surface area (Å²) in [4.78, 5) is 28.9. The van der Waals surface area contributed by atoms with Gasteiger partial charge >= 0.3 is 0 Å². The number of hydrogen-bond acceptors (Lipinski definition) is 6. The Labute approximate surface area is 122 Å². The first-order valence-electron chi connectivity index (χ1n) is 6.86. The van der Waals surface area contributed by atoms with Crippen LogP contribution in [0.2, 0.25) is 0 Å². The maximum atomic E-state index is 12.6. The van der Waals surface area contributed by atoms with Crippen molar-refractivity contribution in [2.45, 2.75) is 24.7 Å². The van der Waals surface area contributed by atoms with E-state index in [1.165, 1.54) is 7.11 Å². The number of rotatable bonds is 1. The molecule has 1 aliphatic carbocycles. The van der Waals surface area contributed by atoms with Gasteiger partial charge in [0.2, 0.25) is 11.6 Å². The molecule has 0 aromatic carbocycles. The fourth-order valence-corrected chi connectivity index (χ4v) is 4.03. The van der Waals surface area contributed by atoms with Crippen LogP contribution in [0.4, 0.5) is 0 Å². The van der Waals surface area contributed by atoms with Crippen molar-refractivity contribution in [1.82, 2.24) is 9.80 Å². The molecule has 3 heterocycles. The Morgan fingerprint density at radius 2 is 2.05 bits per heavy atom. The van der Waals surface area contributed by atoms with Crippen LogP contribution in [-0.2, 0) is 14.3 Å². The molecule has 21 heavy (non-hydrogen) atoms. The molecule has 4 atom stereocenters. The predicted molar refractivity (Wildman–Crippen MR) is 72.9 cm³/mol. The molecule has 0 amide bonds. The zero-order valence-corrected chi connectivity index (χ0v) is 12.1. The van der Waals surface area contributed by atoms with Crippen molar-refractivity contribution >= 4 is 11.6 Å². The highest BCUT2D eigenvalue weighted by Crippen LogP contribution is 2.56. The molecule has 110 valence electrons. The highest BCUT2D eigenvalue weighted by molar-refractivity contribution is 6.26. The molecule has 4 rings (SSSR count). The fraction of sp³-hybridized carbons (Fsp3) is 0.467. The van der Waals surface area contributed by atoms with Crippen LogP contribution in [0.5, 0.6) is 0 Å². The van der Waals surface area contributed by atoms with Gasteiger partial charge in [-0.2, -0.15) is 0 Å². The first-order chi connectivity index (χ1) is 9.85. The molecule has 0 bridgehead atoms. The second kappa shape index (κ2) is 3.45. The first kappa shape index (κ1) is 12.8. The van der Waals surface area contributed by atoms with Crippen LogP contribution < -0.4 is 0 Å². The van der Waals surface area contributed by atoms with Gasteiger partial charge in [0.1, 0.15) is 0 Å². The maximum absolute atomic E-state index is 12.6. The lowest BCUT2D eigenvalue weighted by atomic mass is 9.88. The van der Waals surface area contributed by atoms with E-state index in [-0.39, 0.29) is 46.3 Å². The van der Waals surface area contributed by atoms with Crippen LogP contribution in [0, 0.1) is 0 Å². The number of methoxy groups -OCH3 is 1. The number of nitrogens with zero attached hydrogens (tertiary/aromatic N) is 2. The third kappa shape index (κ3) is 1.14. The monoisotopic (exact) mass is 288 g/mol. The number of allylic oxidation sites excluding steroid dienone is 2. The fourth-order valence-electron chi connectivity index (χ4n) is 4.03. The number of carbonyl (C=O) groups excluding carboxylic acids is 2. The molecule has 2 fully saturated rings. The molecule has 3 aliphatic heterocycles. The van der Waals surface area contributed by atoms with Crippen molar-refractivity contribution in [3.05, 3.63) is 34.8 Å². The predicted octanol–water partition coefficient (Wildman–Crippen LogP) is -0.431. The Morgan fingerprint density at radius 3 is 2.67 bits per heavy atom. The summed E-state index contributed by atoms with van der Waals surface area (Å²) in [7, 11) is 3.29. The van der Waals surface area contributed by atoms with Gasteiger partial charge in [-0.25, -0.2) is 0 Å². The van der Waals surface area contributed by atoms with E-state index < -0.39 is 5.72 Å². The van der Waals surface area contributed by atoms with E-state index in [1.807, 2.05) is 11.9 Å². The molecular weight excluding hydrogens is 272 g/mol. The normalized spacial score (nSPS) is 40.7. The lowest BCUT2D eigenvalue weighted by Gasteiger charge is -2.34. The van der Waals surface area contributed by atoms with Crippen molar-refractivity contribution in [2.24, 2.45) is 0 Å². The molecule has 6 nitrogen and oxygen atoms in total.